The van der Waals surface area contributed by atoms with E-state index in [2.05, 4.69) is 6.58 Å². The van der Waals surface area contributed by atoms with Gasteiger partial charge in [0.15, 0.2) is 0 Å². The molecule has 18 heavy (non-hydrogen) atoms. The number of rotatable bonds is 4. The highest BCUT2D eigenvalue weighted by Gasteiger charge is 2.62. The molecule has 0 amide bonds. The molecule has 1 aliphatic carbocycles. The zero-order valence-electron chi connectivity index (χ0n) is 10.1. The molecular weight excluding hydrogens is 240 g/mol. The van der Waals surface area contributed by atoms with E-state index in [1.54, 1.807) is 0 Å². The van der Waals surface area contributed by atoms with Gasteiger partial charge in [-0.1, -0.05) is 13.0 Å². The smallest absolute Gasteiger partial charge is 0.349 e. The normalized spacial score (nSPS) is 31.4. The molecule has 0 aromatic carbocycles. The predicted molar refractivity (Wildman–Crippen MR) is 60.9 cm³/mol. The van der Waals surface area contributed by atoms with Gasteiger partial charge in [0.1, 0.15) is 5.41 Å². The van der Waals surface area contributed by atoms with Crippen LogP contribution in [-0.2, 0) is 19.1 Å². The molecule has 0 heterocycles. The van der Waals surface area contributed by atoms with Gasteiger partial charge in [0.2, 0.25) is 5.60 Å². The molecule has 2 N–H and O–H groups in total. The molecule has 0 aromatic rings. The lowest BCUT2D eigenvalue weighted by Gasteiger charge is -2.44. The van der Waals surface area contributed by atoms with Gasteiger partial charge in [0.05, 0.1) is 0 Å². The summed E-state index contributed by atoms with van der Waals surface area (Å²) in [5.41, 5.74) is -3.65. The Bertz CT molecular complexity index is 401. The van der Waals surface area contributed by atoms with Gasteiger partial charge in [-0.3, -0.25) is 4.79 Å². The Morgan fingerprint density at radius 3 is 2.17 bits per heavy atom. The zero-order valence-corrected chi connectivity index (χ0v) is 10.1. The zero-order chi connectivity index (χ0) is 14.0. The van der Waals surface area contributed by atoms with Crippen LogP contribution in [0.15, 0.2) is 12.7 Å². The highest BCUT2D eigenvalue weighted by Crippen LogP contribution is 2.47. The van der Waals surface area contributed by atoms with Crippen molar-refractivity contribution in [2.45, 2.75) is 38.2 Å². The molecule has 1 saturated carbocycles. The van der Waals surface area contributed by atoms with Crippen LogP contribution in [0.1, 0.15) is 32.6 Å². The lowest BCUT2D eigenvalue weighted by atomic mass is 9.64. The molecule has 0 aliphatic heterocycles. The Hall–Kier alpha value is -1.85. The molecule has 6 heteroatoms. The fourth-order valence-electron chi connectivity index (χ4n) is 2.37. The van der Waals surface area contributed by atoms with Gasteiger partial charge in [-0.2, -0.15) is 0 Å². The number of carbonyl (C=O) groups excluding carboxylic acids is 1. The SMILES string of the molecule is C=CC(=O)OC1(C(=O)O)CCCCC1(C)C(=O)O. The second kappa shape index (κ2) is 4.80. The second-order valence-corrected chi connectivity index (χ2v) is 4.60. The van der Waals surface area contributed by atoms with Crippen LogP contribution in [0.5, 0.6) is 0 Å². The monoisotopic (exact) mass is 256 g/mol. The summed E-state index contributed by atoms with van der Waals surface area (Å²) in [4.78, 5) is 34.2. The van der Waals surface area contributed by atoms with Crippen LogP contribution in [0, 0.1) is 5.41 Å². The van der Waals surface area contributed by atoms with Gasteiger partial charge in [-0.15, -0.1) is 0 Å². The van der Waals surface area contributed by atoms with Gasteiger partial charge in [-0.25, -0.2) is 9.59 Å². The molecule has 0 aromatic heterocycles. The minimum atomic E-state index is -2.03. The van der Waals surface area contributed by atoms with Crippen molar-refractivity contribution in [3.8, 4) is 0 Å². The summed E-state index contributed by atoms with van der Waals surface area (Å²) in [5.74, 6) is -3.63. The third-order valence-corrected chi connectivity index (χ3v) is 3.61. The maximum absolute atomic E-state index is 11.5. The Morgan fingerprint density at radius 1 is 1.17 bits per heavy atom. The summed E-state index contributed by atoms with van der Waals surface area (Å²) in [6.45, 7) is 4.50. The Labute approximate surface area is 104 Å². The van der Waals surface area contributed by atoms with Crippen molar-refractivity contribution in [2.75, 3.05) is 0 Å². The van der Waals surface area contributed by atoms with Crippen LogP contribution in [0.25, 0.3) is 0 Å². The molecule has 2 unspecified atom stereocenters. The molecule has 2 atom stereocenters. The van der Waals surface area contributed by atoms with E-state index in [0.29, 0.717) is 12.8 Å². The highest BCUT2D eigenvalue weighted by molar-refractivity contribution is 5.92. The third kappa shape index (κ3) is 1.98. The fraction of sp³-hybridized carbons (Fsp3) is 0.583. The summed E-state index contributed by atoms with van der Waals surface area (Å²) < 4.78 is 4.93. The summed E-state index contributed by atoms with van der Waals surface area (Å²) in [6.07, 6.45) is 2.06. The Morgan fingerprint density at radius 2 is 1.72 bits per heavy atom. The Kier molecular flexibility index (Phi) is 3.79. The van der Waals surface area contributed by atoms with Crippen molar-refractivity contribution in [3.05, 3.63) is 12.7 Å². The van der Waals surface area contributed by atoms with E-state index in [1.165, 1.54) is 6.92 Å². The molecule has 6 nitrogen and oxygen atoms in total. The molecule has 1 aliphatic rings. The van der Waals surface area contributed by atoms with Crippen LogP contribution < -0.4 is 0 Å². The average molecular weight is 256 g/mol. The van der Waals surface area contributed by atoms with Gasteiger partial charge in [-0.05, 0) is 26.2 Å². The first-order chi connectivity index (χ1) is 8.30. The molecule has 1 rings (SSSR count). The van der Waals surface area contributed by atoms with Gasteiger partial charge in [0.25, 0.3) is 0 Å². The van der Waals surface area contributed by atoms with Crippen LogP contribution >= 0.6 is 0 Å². The van der Waals surface area contributed by atoms with E-state index in [9.17, 15) is 24.6 Å². The minimum Gasteiger partial charge on any atom is -0.481 e. The molecule has 1 fully saturated rings. The van der Waals surface area contributed by atoms with Gasteiger partial charge < -0.3 is 14.9 Å². The topological polar surface area (TPSA) is 101 Å². The average Bonchev–Trinajstić information content (AvgIpc) is 2.31. The Balaban J connectivity index is 3.28. The number of carbonyl (C=O) groups is 3. The van der Waals surface area contributed by atoms with Crippen LogP contribution in [0.4, 0.5) is 0 Å². The van der Waals surface area contributed by atoms with E-state index in [4.69, 9.17) is 4.74 Å². The van der Waals surface area contributed by atoms with Crippen molar-refractivity contribution in [1.29, 1.82) is 0 Å². The molecule has 0 saturated heterocycles. The molecule has 0 radical (unpaired) electrons. The predicted octanol–water partition coefficient (Wildman–Crippen LogP) is 1.20. The summed E-state index contributed by atoms with van der Waals surface area (Å²) in [5, 5.41) is 18.6. The van der Waals surface area contributed by atoms with Crippen LogP contribution in [-0.4, -0.2) is 33.7 Å². The van der Waals surface area contributed by atoms with E-state index in [0.717, 1.165) is 6.08 Å². The molecule has 0 bridgehead atoms. The van der Waals surface area contributed by atoms with Crippen LogP contribution in [0.2, 0.25) is 0 Å². The maximum atomic E-state index is 11.5. The largest absolute Gasteiger partial charge is 0.481 e. The quantitative estimate of drug-likeness (QED) is 0.579. The van der Waals surface area contributed by atoms with Crippen molar-refractivity contribution in [1.82, 2.24) is 0 Å². The molecular formula is C12H16O6. The summed E-state index contributed by atoms with van der Waals surface area (Å²) in [7, 11) is 0. The summed E-state index contributed by atoms with van der Waals surface area (Å²) in [6, 6.07) is 0. The number of carboxylic acid groups (broad SMARTS) is 2. The van der Waals surface area contributed by atoms with Gasteiger partial charge >= 0.3 is 17.9 Å². The van der Waals surface area contributed by atoms with Crippen molar-refractivity contribution in [2.24, 2.45) is 5.41 Å². The highest BCUT2D eigenvalue weighted by atomic mass is 16.6. The summed E-state index contributed by atoms with van der Waals surface area (Å²) >= 11 is 0. The number of aliphatic carboxylic acids is 2. The standard InChI is InChI=1S/C12H16O6/c1-3-8(13)18-12(10(16)17)7-5-4-6-11(12,2)9(14)15/h3H,1,4-7H2,2H3,(H,14,15)(H,16,17). The number of esters is 1. The maximum Gasteiger partial charge on any atom is 0.349 e. The fourth-order valence-corrected chi connectivity index (χ4v) is 2.37. The van der Waals surface area contributed by atoms with Crippen LogP contribution in [0.3, 0.4) is 0 Å². The van der Waals surface area contributed by atoms with E-state index < -0.39 is 28.9 Å². The van der Waals surface area contributed by atoms with E-state index >= 15 is 0 Å². The van der Waals surface area contributed by atoms with Crippen molar-refractivity contribution in [3.63, 3.8) is 0 Å². The van der Waals surface area contributed by atoms with Gasteiger partial charge in [0, 0.05) is 6.08 Å². The number of carboxylic acids is 2. The number of hydrogen-bond donors (Lipinski definition) is 2. The third-order valence-electron chi connectivity index (χ3n) is 3.61. The first-order valence-electron chi connectivity index (χ1n) is 5.62. The van der Waals surface area contributed by atoms with E-state index in [1.807, 2.05) is 0 Å². The lowest BCUT2D eigenvalue weighted by Crippen LogP contribution is -2.60. The lowest BCUT2D eigenvalue weighted by molar-refractivity contribution is -0.206. The number of ether oxygens (including phenoxy) is 1. The second-order valence-electron chi connectivity index (χ2n) is 4.60. The van der Waals surface area contributed by atoms with Crippen molar-refractivity contribution >= 4 is 17.9 Å². The van der Waals surface area contributed by atoms with Crippen molar-refractivity contribution < 1.29 is 29.3 Å². The first-order valence-corrected chi connectivity index (χ1v) is 5.62. The minimum absolute atomic E-state index is 0.00921. The van der Waals surface area contributed by atoms with E-state index in [-0.39, 0.29) is 12.8 Å². The molecule has 0 spiro atoms. The molecule has 100 valence electrons. The number of hydrogen-bond acceptors (Lipinski definition) is 4. The first kappa shape index (κ1) is 14.2.